The number of ether oxygens (including phenoxy) is 4. The van der Waals surface area contributed by atoms with E-state index in [1.54, 1.807) is 23.7 Å². The number of nitrogens with zero attached hydrogens (tertiary/aromatic N) is 4. The van der Waals surface area contributed by atoms with E-state index in [1.807, 2.05) is 92.7 Å². The van der Waals surface area contributed by atoms with Crippen LogP contribution < -0.4 is 19.9 Å². The molecule has 1 aliphatic rings. The second kappa shape index (κ2) is 18.7. The molecule has 2 N–H and O–H groups in total. The monoisotopic (exact) mass is 765 g/mol. The Hall–Kier alpha value is -5.04. The van der Waals surface area contributed by atoms with Crippen molar-refractivity contribution in [3.8, 4) is 11.5 Å². The lowest BCUT2D eigenvalue weighted by atomic mass is 9.80. The van der Waals surface area contributed by atoms with E-state index in [9.17, 15) is 14.7 Å². The predicted octanol–water partition coefficient (Wildman–Crippen LogP) is 7.53. The minimum atomic E-state index is -1.10. The molecule has 1 saturated heterocycles. The summed E-state index contributed by atoms with van der Waals surface area (Å²) in [5.41, 5.74) is 1.44. The molecule has 12 nitrogen and oxygen atoms in total. The maximum atomic E-state index is 13.4. The second-order valence-electron chi connectivity index (χ2n) is 14.7. The number of hydrogen-bond donors (Lipinski definition) is 2. The van der Waals surface area contributed by atoms with Crippen molar-refractivity contribution >= 4 is 23.0 Å². The molecule has 12 heteroatoms. The molecular formula is C44H55N5O7. The zero-order valence-electron chi connectivity index (χ0n) is 33.1. The largest absolute Gasteiger partial charge is 0.497 e. The number of aromatic nitrogens is 4. The number of hydrogen-bond acceptors (Lipinski definition) is 9. The molecular weight excluding hydrogens is 711 g/mol. The van der Waals surface area contributed by atoms with Gasteiger partial charge in [0.15, 0.2) is 11.2 Å². The summed E-state index contributed by atoms with van der Waals surface area (Å²) in [5, 5.41) is 11.5. The molecule has 2 aromatic heterocycles. The molecule has 3 heterocycles. The van der Waals surface area contributed by atoms with Crippen LogP contribution in [0, 0.1) is 5.92 Å². The number of aliphatic hydroxyl groups is 1. The molecule has 5 aromatic rings. The second-order valence-corrected chi connectivity index (χ2v) is 14.7. The van der Waals surface area contributed by atoms with Crippen molar-refractivity contribution in [1.82, 2.24) is 19.5 Å². The Balaban J connectivity index is 1.28. The van der Waals surface area contributed by atoms with Crippen LogP contribution in [-0.4, -0.2) is 70.1 Å². The number of imidazole rings is 1. The molecule has 1 amide bonds. The normalized spacial score (nSPS) is 17.1. The number of carbonyl (C=O) groups is 1. The van der Waals surface area contributed by atoms with Crippen LogP contribution in [-0.2, 0) is 19.9 Å². The Morgan fingerprint density at radius 3 is 2.09 bits per heavy atom. The highest BCUT2D eigenvalue weighted by molar-refractivity contribution is 5.93. The first-order chi connectivity index (χ1) is 27.2. The van der Waals surface area contributed by atoms with E-state index in [-0.39, 0.29) is 42.0 Å². The van der Waals surface area contributed by atoms with Crippen LogP contribution in [0.15, 0.2) is 90.0 Å². The minimum Gasteiger partial charge on any atom is -0.497 e. The Morgan fingerprint density at radius 1 is 0.911 bits per heavy atom. The number of nitrogens with one attached hydrogen (secondary N) is 1. The van der Waals surface area contributed by atoms with Crippen LogP contribution in [0.5, 0.6) is 11.5 Å². The van der Waals surface area contributed by atoms with Crippen molar-refractivity contribution < 1.29 is 28.8 Å². The van der Waals surface area contributed by atoms with Gasteiger partial charge in [-0.1, -0.05) is 114 Å². The van der Waals surface area contributed by atoms with Gasteiger partial charge in [-0.05, 0) is 47.4 Å². The van der Waals surface area contributed by atoms with Gasteiger partial charge in [-0.25, -0.2) is 4.98 Å². The summed E-state index contributed by atoms with van der Waals surface area (Å²) in [7, 11) is 3.26. The molecule has 3 atom stereocenters. The molecule has 1 fully saturated rings. The molecule has 298 valence electrons. The zero-order valence-corrected chi connectivity index (χ0v) is 33.1. The Kier molecular flexibility index (Phi) is 13.6. The number of aromatic amines is 1. The molecule has 0 radical (unpaired) electrons. The summed E-state index contributed by atoms with van der Waals surface area (Å²) in [5.74, 6) is 1.18. The number of unbranched alkanes of at least 4 members (excludes halogenated alkanes) is 6. The van der Waals surface area contributed by atoms with Crippen LogP contribution in [0.2, 0.25) is 0 Å². The van der Waals surface area contributed by atoms with Gasteiger partial charge >= 0.3 is 0 Å². The Bertz CT molecular complexity index is 2020. The standard InChI is InChI=1S/C44H55N5O7/c1-6-7-8-9-10-11-15-26-48(42(52)30(2)3)43-46-40-39(41(51)47-43)45-29-49(40)38-27-36(50)37(56-38)28-55-44(31-16-13-12-14-17-31,32-18-22-34(53-4)23-19-32)33-20-24-35(54-5)25-21-33/h12-14,16-25,29-30,36-38,50H,6-11,15,26-28H2,1-5H3,(H,46,47,51)/t36-,37+,38+/m0/s1. The third kappa shape index (κ3) is 8.83. The van der Waals surface area contributed by atoms with Gasteiger partial charge in [-0.2, -0.15) is 4.98 Å². The Morgan fingerprint density at radius 2 is 1.50 bits per heavy atom. The van der Waals surface area contributed by atoms with Crippen LogP contribution in [0.1, 0.15) is 95.1 Å². The van der Waals surface area contributed by atoms with E-state index in [1.165, 1.54) is 32.0 Å². The first-order valence-corrected chi connectivity index (χ1v) is 19.8. The third-order valence-electron chi connectivity index (χ3n) is 10.6. The number of rotatable bonds is 19. The van der Waals surface area contributed by atoms with Gasteiger partial charge in [-0.15, -0.1) is 0 Å². The van der Waals surface area contributed by atoms with Crippen molar-refractivity contribution in [2.24, 2.45) is 5.92 Å². The fraction of sp³-hybridized carbons (Fsp3) is 0.455. The first kappa shape index (κ1) is 40.6. The smallest absolute Gasteiger partial charge is 0.280 e. The van der Waals surface area contributed by atoms with Crippen molar-refractivity contribution in [2.45, 2.75) is 96.2 Å². The number of fused-ring (bicyclic) bond motifs is 1. The first-order valence-electron chi connectivity index (χ1n) is 19.8. The number of carbonyl (C=O) groups excluding carboxylic acids is 1. The third-order valence-corrected chi connectivity index (χ3v) is 10.6. The van der Waals surface area contributed by atoms with Crippen molar-refractivity contribution in [1.29, 1.82) is 0 Å². The quantitative estimate of drug-likeness (QED) is 0.0645. The van der Waals surface area contributed by atoms with E-state index in [2.05, 4.69) is 16.9 Å². The average molecular weight is 766 g/mol. The van der Waals surface area contributed by atoms with Gasteiger partial charge in [0.1, 0.15) is 29.4 Å². The summed E-state index contributed by atoms with van der Waals surface area (Å²) in [6.45, 7) is 6.34. The van der Waals surface area contributed by atoms with Crippen LogP contribution >= 0.6 is 0 Å². The lowest BCUT2D eigenvalue weighted by Gasteiger charge is -2.37. The number of anilines is 1. The molecule has 0 unspecified atom stereocenters. The molecule has 0 spiro atoms. The van der Waals surface area contributed by atoms with Crippen molar-refractivity contribution in [3.05, 3.63) is 112 Å². The number of benzene rings is 3. The molecule has 6 rings (SSSR count). The Labute approximate surface area is 328 Å². The highest BCUT2D eigenvalue weighted by Gasteiger charge is 2.42. The lowest BCUT2D eigenvalue weighted by Crippen LogP contribution is -2.38. The highest BCUT2D eigenvalue weighted by atomic mass is 16.6. The minimum absolute atomic E-state index is 0.0195. The van der Waals surface area contributed by atoms with Gasteiger partial charge < -0.3 is 24.1 Å². The van der Waals surface area contributed by atoms with E-state index < -0.39 is 29.6 Å². The summed E-state index contributed by atoms with van der Waals surface area (Å²) in [4.78, 5) is 40.4. The fourth-order valence-corrected chi connectivity index (χ4v) is 7.43. The number of amides is 1. The van der Waals surface area contributed by atoms with Crippen LogP contribution in [0.25, 0.3) is 11.2 Å². The summed E-state index contributed by atoms with van der Waals surface area (Å²) in [6, 6.07) is 25.4. The summed E-state index contributed by atoms with van der Waals surface area (Å²) in [6.07, 6.45) is 7.04. The number of H-pyrrole nitrogens is 1. The predicted molar refractivity (Wildman–Crippen MR) is 216 cm³/mol. The maximum Gasteiger partial charge on any atom is 0.280 e. The average Bonchev–Trinajstić information content (AvgIpc) is 3.83. The molecule has 3 aromatic carbocycles. The number of methoxy groups -OCH3 is 2. The molecule has 0 bridgehead atoms. The maximum absolute atomic E-state index is 13.4. The summed E-state index contributed by atoms with van der Waals surface area (Å²) < 4.78 is 26.2. The van der Waals surface area contributed by atoms with Crippen molar-refractivity contribution in [2.75, 3.05) is 32.3 Å². The van der Waals surface area contributed by atoms with Gasteiger partial charge in [0.2, 0.25) is 11.9 Å². The van der Waals surface area contributed by atoms with Gasteiger partial charge in [0.25, 0.3) is 5.56 Å². The molecule has 56 heavy (non-hydrogen) atoms. The van der Waals surface area contributed by atoms with E-state index in [0.29, 0.717) is 18.0 Å². The zero-order chi connectivity index (χ0) is 39.7. The lowest BCUT2D eigenvalue weighted by molar-refractivity contribution is -0.121. The van der Waals surface area contributed by atoms with E-state index in [0.717, 1.165) is 36.0 Å². The molecule has 0 saturated carbocycles. The van der Waals surface area contributed by atoms with Crippen LogP contribution in [0.4, 0.5) is 5.95 Å². The topological polar surface area (TPSA) is 141 Å². The van der Waals surface area contributed by atoms with Crippen molar-refractivity contribution in [3.63, 3.8) is 0 Å². The highest BCUT2D eigenvalue weighted by Crippen LogP contribution is 2.43. The van der Waals surface area contributed by atoms with Gasteiger partial charge in [0, 0.05) is 18.9 Å². The molecule has 0 aliphatic carbocycles. The summed E-state index contributed by atoms with van der Waals surface area (Å²) >= 11 is 0. The fourth-order valence-electron chi connectivity index (χ4n) is 7.43. The number of aliphatic hydroxyl groups excluding tert-OH is 1. The van der Waals surface area contributed by atoms with Gasteiger partial charge in [-0.3, -0.25) is 24.0 Å². The van der Waals surface area contributed by atoms with Crippen LogP contribution in [0.3, 0.4) is 0 Å². The van der Waals surface area contributed by atoms with E-state index in [4.69, 9.17) is 23.9 Å². The van der Waals surface area contributed by atoms with E-state index >= 15 is 0 Å². The van der Waals surface area contributed by atoms with Gasteiger partial charge in [0.05, 0.1) is 33.3 Å². The molecule has 1 aliphatic heterocycles. The SMILES string of the molecule is CCCCCCCCCN(C(=O)C(C)C)c1nc2c(ncn2[C@H]2C[C@H](O)[C@@H](COC(c3ccccc3)(c3ccc(OC)cc3)c3ccc(OC)cc3)O2)c(=O)[nH]1.